The Morgan fingerprint density at radius 3 is 2.00 bits per heavy atom. The zero-order valence-corrected chi connectivity index (χ0v) is 6.34. The van der Waals surface area contributed by atoms with Crippen molar-refractivity contribution in [3.8, 4) is 0 Å². The Hall–Kier alpha value is -0.600. The molecule has 0 aliphatic carbocycles. The molecule has 0 aromatic carbocycles. The third-order valence-corrected chi connectivity index (χ3v) is 1.31. The molecule has 0 rings (SSSR count). The average molecular weight is 142 g/mol. The number of hydrogen-bond donors (Lipinski definition) is 1. The van der Waals surface area contributed by atoms with Crippen LogP contribution in [0.4, 0.5) is 0 Å². The lowest BCUT2D eigenvalue weighted by Crippen LogP contribution is -2.29. The van der Waals surface area contributed by atoms with Crippen molar-refractivity contribution in [2.24, 2.45) is 0 Å². The number of ether oxygens (including phenoxy) is 1. The van der Waals surface area contributed by atoms with Gasteiger partial charge in [-0.2, -0.15) is 0 Å². The van der Waals surface area contributed by atoms with Crippen molar-refractivity contribution in [3.05, 3.63) is 25.3 Å². The molecule has 0 aromatic heterocycles. The summed E-state index contributed by atoms with van der Waals surface area (Å²) < 4.78 is 4.83. The van der Waals surface area contributed by atoms with Crippen LogP contribution in [0.5, 0.6) is 0 Å². The number of aliphatic hydroxyl groups is 1. The Morgan fingerprint density at radius 2 is 1.80 bits per heavy atom. The summed E-state index contributed by atoms with van der Waals surface area (Å²) in [5.41, 5.74) is 0. The van der Waals surface area contributed by atoms with Crippen molar-refractivity contribution in [1.29, 1.82) is 0 Å². The van der Waals surface area contributed by atoms with Crippen molar-refractivity contribution in [2.75, 3.05) is 7.11 Å². The van der Waals surface area contributed by atoms with Crippen LogP contribution in [0.25, 0.3) is 0 Å². The van der Waals surface area contributed by atoms with Gasteiger partial charge in [-0.25, -0.2) is 0 Å². The van der Waals surface area contributed by atoms with Crippen molar-refractivity contribution in [1.82, 2.24) is 0 Å². The van der Waals surface area contributed by atoms with Crippen molar-refractivity contribution in [3.63, 3.8) is 0 Å². The molecule has 0 radical (unpaired) electrons. The van der Waals surface area contributed by atoms with Gasteiger partial charge in [0, 0.05) is 20.0 Å². The van der Waals surface area contributed by atoms with Gasteiger partial charge < -0.3 is 9.84 Å². The molecule has 0 saturated heterocycles. The van der Waals surface area contributed by atoms with Gasteiger partial charge in [0.1, 0.15) is 0 Å². The maximum absolute atomic E-state index is 9.46. The highest BCUT2D eigenvalue weighted by Crippen LogP contribution is 2.16. The molecule has 0 aliphatic rings. The van der Waals surface area contributed by atoms with Crippen LogP contribution in [-0.2, 0) is 4.74 Å². The molecule has 0 fully saturated rings. The molecule has 2 heteroatoms. The summed E-state index contributed by atoms with van der Waals surface area (Å²) >= 11 is 0. The molecule has 0 heterocycles. The van der Waals surface area contributed by atoms with E-state index in [9.17, 15) is 5.11 Å². The first-order valence-electron chi connectivity index (χ1n) is 3.18. The van der Waals surface area contributed by atoms with E-state index in [0.29, 0.717) is 12.8 Å². The summed E-state index contributed by atoms with van der Waals surface area (Å²) in [6, 6.07) is 0. The van der Waals surface area contributed by atoms with Crippen LogP contribution in [0.1, 0.15) is 12.8 Å². The minimum absolute atomic E-state index is 0.426. The zero-order valence-electron chi connectivity index (χ0n) is 6.34. The van der Waals surface area contributed by atoms with E-state index in [4.69, 9.17) is 4.74 Å². The van der Waals surface area contributed by atoms with Crippen LogP contribution >= 0.6 is 0 Å². The van der Waals surface area contributed by atoms with Crippen LogP contribution in [-0.4, -0.2) is 18.0 Å². The summed E-state index contributed by atoms with van der Waals surface area (Å²) in [5.74, 6) is -1.09. The second kappa shape index (κ2) is 4.25. The van der Waals surface area contributed by atoms with E-state index < -0.39 is 5.79 Å². The van der Waals surface area contributed by atoms with Gasteiger partial charge in [-0.05, 0) is 0 Å². The molecular weight excluding hydrogens is 128 g/mol. The lowest BCUT2D eigenvalue weighted by atomic mass is 10.1. The van der Waals surface area contributed by atoms with Gasteiger partial charge in [0.15, 0.2) is 5.79 Å². The lowest BCUT2D eigenvalue weighted by Gasteiger charge is -2.22. The first kappa shape index (κ1) is 9.40. The van der Waals surface area contributed by atoms with E-state index in [1.54, 1.807) is 12.2 Å². The van der Waals surface area contributed by atoms with Gasteiger partial charge in [0.05, 0.1) is 0 Å². The largest absolute Gasteiger partial charge is 0.365 e. The number of rotatable bonds is 5. The predicted molar refractivity (Wildman–Crippen MR) is 41.6 cm³/mol. The molecule has 0 bridgehead atoms. The van der Waals surface area contributed by atoms with Crippen LogP contribution in [0, 0.1) is 0 Å². The van der Waals surface area contributed by atoms with E-state index >= 15 is 0 Å². The van der Waals surface area contributed by atoms with Crippen molar-refractivity contribution >= 4 is 0 Å². The van der Waals surface area contributed by atoms with Gasteiger partial charge >= 0.3 is 0 Å². The Kier molecular flexibility index (Phi) is 4.00. The molecule has 0 spiro atoms. The highest BCUT2D eigenvalue weighted by molar-refractivity contribution is 4.85. The Labute approximate surface area is 61.8 Å². The molecule has 0 aliphatic heterocycles. The summed E-state index contributed by atoms with van der Waals surface area (Å²) in [7, 11) is 1.47. The summed E-state index contributed by atoms with van der Waals surface area (Å²) in [5, 5.41) is 9.46. The van der Waals surface area contributed by atoms with E-state index in [-0.39, 0.29) is 0 Å². The third-order valence-electron chi connectivity index (χ3n) is 1.31. The molecule has 2 nitrogen and oxygen atoms in total. The van der Waals surface area contributed by atoms with Crippen LogP contribution < -0.4 is 0 Å². The second-order valence-electron chi connectivity index (χ2n) is 2.14. The Balaban J connectivity index is 3.92. The van der Waals surface area contributed by atoms with Gasteiger partial charge in [0.2, 0.25) is 0 Å². The average Bonchev–Trinajstić information content (AvgIpc) is 1.89. The molecule has 0 aromatic rings. The fraction of sp³-hybridized carbons (Fsp3) is 0.500. The van der Waals surface area contributed by atoms with Gasteiger partial charge in [-0.1, -0.05) is 12.2 Å². The molecule has 0 amide bonds. The third kappa shape index (κ3) is 2.80. The molecule has 10 heavy (non-hydrogen) atoms. The molecule has 0 saturated carbocycles. The van der Waals surface area contributed by atoms with Crippen molar-refractivity contribution in [2.45, 2.75) is 18.6 Å². The SMILES string of the molecule is C=CCC(O)(CC=C)OC. The van der Waals surface area contributed by atoms with Crippen LogP contribution in [0.2, 0.25) is 0 Å². The first-order chi connectivity index (χ1) is 4.68. The van der Waals surface area contributed by atoms with E-state index in [0.717, 1.165) is 0 Å². The molecule has 0 unspecified atom stereocenters. The fourth-order valence-corrected chi connectivity index (χ4v) is 0.701. The lowest BCUT2D eigenvalue weighted by molar-refractivity contribution is -0.179. The summed E-state index contributed by atoms with van der Waals surface area (Å²) in [4.78, 5) is 0. The molecular formula is C8H14O2. The van der Waals surface area contributed by atoms with Crippen molar-refractivity contribution < 1.29 is 9.84 Å². The topological polar surface area (TPSA) is 29.5 Å². The summed E-state index contributed by atoms with van der Waals surface area (Å²) in [6.07, 6.45) is 4.09. The zero-order chi connectivity index (χ0) is 8.04. The highest BCUT2D eigenvalue weighted by Gasteiger charge is 2.21. The maximum Gasteiger partial charge on any atom is 0.171 e. The number of hydrogen-bond acceptors (Lipinski definition) is 2. The van der Waals surface area contributed by atoms with Gasteiger partial charge in [-0.15, -0.1) is 13.2 Å². The minimum atomic E-state index is -1.09. The fourth-order valence-electron chi connectivity index (χ4n) is 0.701. The van der Waals surface area contributed by atoms with Gasteiger partial charge in [0.25, 0.3) is 0 Å². The minimum Gasteiger partial charge on any atom is -0.365 e. The Morgan fingerprint density at radius 1 is 1.40 bits per heavy atom. The summed E-state index contributed by atoms with van der Waals surface area (Å²) in [6.45, 7) is 7.00. The smallest absolute Gasteiger partial charge is 0.171 e. The van der Waals surface area contributed by atoms with E-state index in [2.05, 4.69) is 13.2 Å². The first-order valence-corrected chi connectivity index (χ1v) is 3.18. The quantitative estimate of drug-likeness (QED) is 0.465. The standard InChI is InChI=1S/C8H14O2/c1-4-6-8(9,10-3)7-5-2/h4-5,9H,1-2,6-7H2,3H3. The van der Waals surface area contributed by atoms with Crippen LogP contribution in [0.3, 0.4) is 0 Å². The maximum atomic E-state index is 9.46. The molecule has 0 atom stereocenters. The van der Waals surface area contributed by atoms with Crippen LogP contribution in [0.15, 0.2) is 25.3 Å². The predicted octanol–water partition coefficient (Wildman–Crippen LogP) is 1.47. The van der Waals surface area contributed by atoms with Gasteiger partial charge in [-0.3, -0.25) is 0 Å². The van der Waals surface area contributed by atoms with E-state index in [1.807, 2.05) is 0 Å². The number of methoxy groups -OCH3 is 1. The second-order valence-corrected chi connectivity index (χ2v) is 2.14. The van der Waals surface area contributed by atoms with E-state index in [1.165, 1.54) is 7.11 Å². The monoisotopic (exact) mass is 142 g/mol. The molecule has 58 valence electrons. The molecule has 1 N–H and O–H groups in total. The normalized spacial score (nSPS) is 11.0. The Bertz CT molecular complexity index is 108. The highest BCUT2D eigenvalue weighted by atomic mass is 16.6.